The maximum atomic E-state index is 12.5. The number of amides is 1. The van der Waals surface area contributed by atoms with E-state index in [1.54, 1.807) is 0 Å². The van der Waals surface area contributed by atoms with Gasteiger partial charge < -0.3 is 9.64 Å². The molecule has 0 radical (unpaired) electrons. The molecule has 0 bridgehead atoms. The van der Waals surface area contributed by atoms with Crippen LogP contribution in [0.2, 0.25) is 0 Å². The van der Waals surface area contributed by atoms with E-state index in [4.69, 9.17) is 4.74 Å². The minimum absolute atomic E-state index is 0.0540. The van der Waals surface area contributed by atoms with Crippen LogP contribution in [0, 0.1) is 0 Å². The molecular weight excluding hydrogens is 266 g/mol. The van der Waals surface area contributed by atoms with Gasteiger partial charge in [-0.05, 0) is 19.3 Å². The lowest BCUT2D eigenvalue weighted by molar-refractivity contribution is -0.130. The molecule has 2 saturated heterocycles. The number of hydrogen-bond donors (Lipinski definition) is 1. The number of ether oxygens (including phenoxy) is 1. The number of unbranched alkanes of at least 4 members (excludes halogenated alkanes) is 1. The Morgan fingerprint density at radius 1 is 1.19 bits per heavy atom. The zero-order valence-corrected chi connectivity index (χ0v) is 13.6. The molecule has 2 aliphatic heterocycles. The van der Waals surface area contributed by atoms with E-state index in [2.05, 4.69) is 29.0 Å². The number of nitrogens with one attached hydrogen (secondary N) is 1. The van der Waals surface area contributed by atoms with Gasteiger partial charge >= 0.3 is 0 Å². The number of carbonyl (C=O) groups is 1. The zero-order chi connectivity index (χ0) is 15.1. The molecule has 2 atom stereocenters. The van der Waals surface area contributed by atoms with Crippen LogP contribution in [0.25, 0.3) is 0 Å². The second-order valence-electron chi connectivity index (χ2n) is 6.12. The summed E-state index contributed by atoms with van der Waals surface area (Å²) >= 11 is 0. The van der Waals surface area contributed by atoms with Crippen LogP contribution in [0.15, 0.2) is 0 Å². The normalized spacial score (nSPS) is 27.5. The van der Waals surface area contributed by atoms with Crippen LogP contribution < -0.4 is 5.32 Å². The molecule has 2 rings (SSSR count). The second kappa shape index (κ2) is 8.71. The Labute approximate surface area is 129 Å². The summed E-state index contributed by atoms with van der Waals surface area (Å²) in [5.74, 6) is 0.317. The molecule has 0 aromatic rings. The quantitative estimate of drug-likeness (QED) is 0.736. The minimum Gasteiger partial charge on any atom is -0.379 e. The first kappa shape index (κ1) is 16.7. The Hall–Kier alpha value is -0.650. The average molecular weight is 297 g/mol. The van der Waals surface area contributed by atoms with Crippen molar-refractivity contribution < 1.29 is 9.53 Å². The van der Waals surface area contributed by atoms with Crippen molar-refractivity contribution in [1.82, 2.24) is 15.1 Å². The van der Waals surface area contributed by atoms with Crippen molar-refractivity contribution in [3.63, 3.8) is 0 Å². The summed E-state index contributed by atoms with van der Waals surface area (Å²) in [6.45, 7) is 10.0. The van der Waals surface area contributed by atoms with E-state index in [1.165, 1.54) is 0 Å². The van der Waals surface area contributed by atoms with E-state index in [0.29, 0.717) is 5.91 Å². The summed E-state index contributed by atoms with van der Waals surface area (Å²) in [6, 6.07) is 0.0540. The Kier molecular flexibility index (Phi) is 6.93. The number of hydrogen-bond acceptors (Lipinski definition) is 4. The van der Waals surface area contributed by atoms with Crippen LogP contribution >= 0.6 is 0 Å². The number of nitrogens with zero attached hydrogens (tertiary/aromatic N) is 2. The third kappa shape index (κ3) is 4.66. The molecular formula is C16H31N3O2. The van der Waals surface area contributed by atoms with Crippen molar-refractivity contribution in [2.45, 2.75) is 58.2 Å². The highest BCUT2D eigenvalue weighted by atomic mass is 16.5. The summed E-state index contributed by atoms with van der Waals surface area (Å²) < 4.78 is 5.37. The molecule has 2 aliphatic rings. The predicted molar refractivity (Wildman–Crippen MR) is 84.1 cm³/mol. The lowest BCUT2D eigenvalue weighted by Gasteiger charge is -2.28. The lowest BCUT2D eigenvalue weighted by atomic mass is 10.1. The number of rotatable bonds is 8. The van der Waals surface area contributed by atoms with Crippen molar-refractivity contribution in [3.8, 4) is 0 Å². The van der Waals surface area contributed by atoms with Gasteiger partial charge in [0.25, 0.3) is 0 Å². The Morgan fingerprint density at radius 3 is 2.62 bits per heavy atom. The Bertz CT molecular complexity index is 319. The highest BCUT2D eigenvalue weighted by Crippen LogP contribution is 2.18. The van der Waals surface area contributed by atoms with E-state index in [1.807, 2.05) is 0 Å². The molecule has 2 unspecified atom stereocenters. The predicted octanol–water partition coefficient (Wildman–Crippen LogP) is 1.44. The molecule has 1 N–H and O–H groups in total. The average Bonchev–Trinajstić information content (AvgIpc) is 2.82. The van der Waals surface area contributed by atoms with Crippen LogP contribution in [0.1, 0.15) is 46.0 Å². The Balaban J connectivity index is 1.75. The van der Waals surface area contributed by atoms with Crippen LogP contribution in [0.3, 0.4) is 0 Å². The van der Waals surface area contributed by atoms with Crippen molar-refractivity contribution in [2.24, 2.45) is 0 Å². The first-order valence-corrected chi connectivity index (χ1v) is 8.62. The van der Waals surface area contributed by atoms with Crippen molar-refractivity contribution in [2.75, 3.05) is 39.4 Å². The maximum Gasteiger partial charge on any atom is 0.241 e. The molecule has 21 heavy (non-hydrogen) atoms. The Morgan fingerprint density at radius 2 is 1.95 bits per heavy atom. The van der Waals surface area contributed by atoms with Gasteiger partial charge in [0.05, 0.1) is 25.4 Å². The van der Waals surface area contributed by atoms with Gasteiger partial charge in [-0.1, -0.05) is 26.7 Å². The largest absolute Gasteiger partial charge is 0.379 e. The third-order valence-corrected chi connectivity index (χ3v) is 4.56. The number of carbonyl (C=O) groups excluding carboxylic acids is 1. The van der Waals surface area contributed by atoms with Gasteiger partial charge in [-0.3, -0.25) is 15.0 Å². The summed E-state index contributed by atoms with van der Waals surface area (Å²) in [6.07, 6.45) is 5.55. The monoisotopic (exact) mass is 297 g/mol. The number of morpholine rings is 1. The van der Waals surface area contributed by atoms with Gasteiger partial charge in [-0.25, -0.2) is 0 Å². The fourth-order valence-corrected chi connectivity index (χ4v) is 3.26. The standard InChI is InChI=1S/C16H31N3O2/c1-3-5-7-14-16(20)19(15(4-2)17-14)9-6-8-18-10-12-21-13-11-18/h14-15,17H,3-13H2,1-2H3. The molecule has 122 valence electrons. The molecule has 0 saturated carbocycles. The SMILES string of the molecule is CCCCC1NC(CC)N(CCCN2CCOCC2)C1=O. The van der Waals surface area contributed by atoms with Crippen LogP contribution in [-0.4, -0.2) is 67.3 Å². The molecule has 5 nitrogen and oxygen atoms in total. The second-order valence-corrected chi connectivity index (χ2v) is 6.12. The summed E-state index contributed by atoms with van der Waals surface area (Å²) in [5, 5.41) is 3.51. The maximum absolute atomic E-state index is 12.5. The van der Waals surface area contributed by atoms with Crippen molar-refractivity contribution >= 4 is 5.91 Å². The van der Waals surface area contributed by atoms with E-state index in [0.717, 1.165) is 71.5 Å². The first-order valence-electron chi connectivity index (χ1n) is 8.62. The van der Waals surface area contributed by atoms with Gasteiger partial charge in [-0.15, -0.1) is 0 Å². The zero-order valence-electron chi connectivity index (χ0n) is 13.6. The molecule has 0 aromatic carbocycles. The van der Waals surface area contributed by atoms with E-state index < -0.39 is 0 Å². The molecule has 2 heterocycles. The smallest absolute Gasteiger partial charge is 0.241 e. The molecule has 0 spiro atoms. The van der Waals surface area contributed by atoms with Crippen LogP contribution in [-0.2, 0) is 9.53 Å². The highest BCUT2D eigenvalue weighted by molar-refractivity contribution is 5.84. The summed E-state index contributed by atoms with van der Waals surface area (Å²) in [7, 11) is 0. The molecule has 2 fully saturated rings. The lowest BCUT2D eigenvalue weighted by Crippen LogP contribution is -2.41. The first-order chi connectivity index (χ1) is 10.3. The summed E-state index contributed by atoms with van der Waals surface area (Å²) in [4.78, 5) is 17.0. The minimum atomic E-state index is 0.0540. The van der Waals surface area contributed by atoms with E-state index >= 15 is 0 Å². The molecule has 0 aliphatic carbocycles. The topological polar surface area (TPSA) is 44.8 Å². The van der Waals surface area contributed by atoms with Crippen molar-refractivity contribution in [1.29, 1.82) is 0 Å². The van der Waals surface area contributed by atoms with Crippen LogP contribution in [0.5, 0.6) is 0 Å². The fourth-order valence-electron chi connectivity index (χ4n) is 3.26. The van der Waals surface area contributed by atoms with Gasteiger partial charge in [-0.2, -0.15) is 0 Å². The third-order valence-electron chi connectivity index (χ3n) is 4.56. The molecule has 5 heteroatoms. The molecule has 0 aromatic heterocycles. The van der Waals surface area contributed by atoms with Gasteiger partial charge in [0.15, 0.2) is 0 Å². The molecule has 1 amide bonds. The van der Waals surface area contributed by atoms with Gasteiger partial charge in [0.2, 0.25) is 5.91 Å². The summed E-state index contributed by atoms with van der Waals surface area (Å²) in [5.41, 5.74) is 0. The van der Waals surface area contributed by atoms with E-state index in [9.17, 15) is 4.79 Å². The highest BCUT2D eigenvalue weighted by Gasteiger charge is 2.36. The van der Waals surface area contributed by atoms with Gasteiger partial charge in [0.1, 0.15) is 0 Å². The van der Waals surface area contributed by atoms with Gasteiger partial charge in [0, 0.05) is 26.2 Å². The van der Waals surface area contributed by atoms with Crippen LogP contribution in [0.4, 0.5) is 0 Å². The fraction of sp³-hybridized carbons (Fsp3) is 0.938. The van der Waals surface area contributed by atoms with Crippen molar-refractivity contribution in [3.05, 3.63) is 0 Å². The van der Waals surface area contributed by atoms with E-state index in [-0.39, 0.29) is 12.2 Å².